The van der Waals surface area contributed by atoms with E-state index in [0.717, 1.165) is 24.1 Å². The molecule has 5 nitrogen and oxygen atoms in total. The molecule has 0 saturated heterocycles. The molecule has 1 amide bonds. The van der Waals surface area contributed by atoms with Crippen LogP contribution in [-0.2, 0) is 0 Å². The highest BCUT2D eigenvalue weighted by Gasteiger charge is 2.26. The van der Waals surface area contributed by atoms with Gasteiger partial charge in [-0.25, -0.2) is 0 Å². The molecule has 24 heavy (non-hydrogen) atoms. The molecule has 2 aromatic rings. The number of carbonyl (C=O) groups excluding carboxylic acids is 1. The Morgan fingerprint density at radius 2 is 1.83 bits per heavy atom. The summed E-state index contributed by atoms with van der Waals surface area (Å²) in [5.41, 5.74) is 4.37. The Labute approximate surface area is 143 Å². The summed E-state index contributed by atoms with van der Waals surface area (Å²) in [6.45, 7) is 5.96. The Morgan fingerprint density at radius 1 is 1.12 bits per heavy atom. The highest BCUT2D eigenvalue weighted by atomic mass is 16.2. The Morgan fingerprint density at radius 3 is 2.50 bits per heavy atom. The molecule has 0 atom stereocenters. The average molecular weight is 326 g/mol. The first kappa shape index (κ1) is 16.7. The van der Waals surface area contributed by atoms with Crippen molar-refractivity contribution in [2.75, 3.05) is 7.05 Å². The van der Waals surface area contributed by atoms with Gasteiger partial charge in [-0.3, -0.25) is 4.79 Å². The zero-order chi connectivity index (χ0) is 17.3. The van der Waals surface area contributed by atoms with Gasteiger partial charge in [0.2, 0.25) is 0 Å². The number of aromatic nitrogens is 3. The maximum absolute atomic E-state index is 12.9. The van der Waals surface area contributed by atoms with Gasteiger partial charge in [0.1, 0.15) is 0 Å². The van der Waals surface area contributed by atoms with Crippen LogP contribution in [0.1, 0.15) is 59.4 Å². The van der Waals surface area contributed by atoms with Gasteiger partial charge in [-0.05, 0) is 45.2 Å². The molecule has 1 fully saturated rings. The summed E-state index contributed by atoms with van der Waals surface area (Å²) >= 11 is 0. The lowest BCUT2D eigenvalue weighted by atomic mass is 9.94. The molecule has 5 heteroatoms. The van der Waals surface area contributed by atoms with Crippen LogP contribution in [0.5, 0.6) is 0 Å². The molecular formula is C19H26N4O. The van der Waals surface area contributed by atoms with Crippen LogP contribution < -0.4 is 0 Å². The van der Waals surface area contributed by atoms with E-state index in [9.17, 15) is 4.79 Å². The van der Waals surface area contributed by atoms with Gasteiger partial charge in [-0.1, -0.05) is 37.0 Å². The summed E-state index contributed by atoms with van der Waals surface area (Å²) in [5, 5.41) is 8.98. The summed E-state index contributed by atoms with van der Waals surface area (Å²) in [6, 6.07) is 6.47. The first-order valence-electron chi connectivity index (χ1n) is 8.76. The van der Waals surface area contributed by atoms with Gasteiger partial charge in [-0.2, -0.15) is 9.90 Å². The first-order chi connectivity index (χ1) is 11.5. The standard InChI is InChI=1S/C19H26N4O/c1-13-10-11-17(14(2)12-13)23-20-15(3)18(21-23)19(24)22(4)16-8-6-5-7-9-16/h10-12,16H,5-9H2,1-4H3. The molecule has 1 aliphatic carbocycles. The van der Waals surface area contributed by atoms with Gasteiger partial charge < -0.3 is 4.90 Å². The summed E-state index contributed by atoms with van der Waals surface area (Å²) in [7, 11) is 1.90. The number of hydrogen-bond donors (Lipinski definition) is 0. The lowest BCUT2D eigenvalue weighted by Gasteiger charge is -2.30. The van der Waals surface area contributed by atoms with Gasteiger partial charge in [-0.15, -0.1) is 5.10 Å². The second-order valence-electron chi connectivity index (χ2n) is 6.92. The third-order valence-electron chi connectivity index (χ3n) is 5.00. The monoisotopic (exact) mass is 326 g/mol. The molecule has 0 aliphatic heterocycles. The van der Waals surface area contributed by atoms with Crippen LogP contribution in [0.4, 0.5) is 0 Å². The van der Waals surface area contributed by atoms with E-state index in [0.29, 0.717) is 17.4 Å². The number of rotatable bonds is 3. The highest BCUT2D eigenvalue weighted by Crippen LogP contribution is 2.23. The summed E-state index contributed by atoms with van der Waals surface area (Å²) in [6.07, 6.45) is 5.87. The lowest BCUT2D eigenvalue weighted by Crippen LogP contribution is -2.38. The lowest BCUT2D eigenvalue weighted by molar-refractivity contribution is 0.0689. The van der Waals surface area contributed by atoms with Crippen molar-refractivity contribution in [3.63, 3.8) is 0 Å². The predicted octanol–water partition coefficient (Wildman–Crippen LogP) is 3.60. The molecule has 128 valence electrons. The number of nitrogens with zero attached hydrogens (tertiary/aromatic N) is 4. The molecular weight excluding hydrogens is 300 g/mol. The molecule has 1 aromatic heterocycles. The fraction of sp³-hybridized carbons (Fsp3) is 0.526. The summed E-state index contributed by atoms with van der Waals surface area (Å²) in [4.78, 5) is 16.3. The maximum Gasteiger partial charge on any atom is 0.276 e. The smallest absolute Gasteiger partial charge is 0.276 e. The third kappa shape index (κ3) is 3.21. The van der Waals surface area contributed by atoms with E-state index in [1.807, 2.05) is 37.9 Å². The van der Waals surface area contributed by atoms with Gasteiger partial charge in [0.15, 0.2) is 5.69 Å². The van der Waals surface area contributed by atoms with Crippen molar-refractivity contribution in [3.05, 3.63) is 40.7 Å². The zero-order valence-corrected chi connectivity index (χ0v) is 15.0. The van der Waals surface area contributed by atoms with Gasteiger partial charge in [0.05, 0.1) is 11.4 Å². The van der Waals surface area contributed by atoms with Crippen molar-refractivity contribution in [1.82, 2.24) is 19.9 Å². The number of benzene rings is 1. The number of aryl methyl sites for hydroxylation is 3. The van der Waals surface area contributed by atoms with Crippen molar-refractivity contribution >= 4 is 5.91 Å². The van der Waals surface area contributed by atoms with Crippen molar-refractivity contribution in [2.45, 2.75) is 58.9 Å². The van der Waals surface area contributed by atoms with Crippen LogP contribution in [-0.4, -0.2) is 38.9 Å². The van der Waals surface area contributed by atoms with Crippen LogP contribution in [0.25, 0.3) is 5.69 Å². The molecule has 0 N–H and O–H groups in total. The molecule has 0 unspecified atom stereocenters. The fourth-order valence-electron chi connectivity index (χ4n) is 3.52. The summed E-state index contributed by atoms with van der Waals surface area (Å²) in [5.74, 6) is -0.0181. The average Bonchev–Trinajstić information content (AvgIpc) is 2.95. The molecule has 0 bridgehead atoms. The van der Waals surface area contributed by atoms with Crippen molar-refractivity contribution < 1.29 is 4.79 Å². The van der Waals surface area contributed by atoms with E-state index in [-0.39, 0.29) is 5.91 Å². The van der Waals surface area contributed by atoms with Crippen molar-refractivity contribution in [1.29, 1.82) is 0 Å². The molecule has 1 aromatic carbocycles. The van der Waals surface area contributed by atoms with Gasteiger partial charge in [0.25, 0.3) is 5.91 Å². The SMILES string of the molecule is Cc1ccc(-n2nc(C)c(C(=O)N(C)C3CCCCC3)n2)c(C)c1. The Kier molecular flexibility index (Phi) is 4.69. The highest BCUT2D eigenvalue weighted by molar-refractivity contribution is 5.93. The van der Waals surface area contributed by atoms with Crippen LogP contribution >= 0.6 is 0 Å². The zero-order valence-electron chi connectivity index (χ0n) is 15.0. The molecule has 1 saturated carbocycles. The maximum atomic E-state index is 12.9. The second kappa shape index (κ2) is 6.75. The molecule has 3 rings (SSSR count). The van der Waals surface area contributed by atoms with E-state index in [2.05, 4.69) is 23.2 Å². The summed E-state index contributed by atoms with van der Waals surface area (Å²) < 4.78 is 0. The van der Waals surface area contributed by atoms with Crippen molar-refractivity contribution in [3.8, 4) is 5.69 Å². The minimum atomic E-state index is -0.0181. The minimum absolute atomic E-state index is 0.0181. The van der Waals surface area contributed by atoms with Gasteiger partial charge in [0, 0.05) is 13.1 Å². The largest absolute Gasteiger partial charge is 0.337 e. The first-order valence-corrected chi connectivity index (χ1v) is 8.76. The van der Waals surface area contributed by atoms with E-state index < -0.39 is 0 Å². The van der Waals surface area contributed by atoms with E-state index in [1.165, 1.54) is 24.8 Å². The molecule has 1 aliphatic rings. The normalized spacial score (nSPS) is 15.5. The fourth-order valence-corrected chi connectivity index (χ4v) is 3.52. The van der Waals surface area contributed by atoms with Crippen LogP contribution in [0.2, 0.25) is 0 Å². The van der Waals surface area contributed by atoms with Gasteiger partial charge >= 0.3 is 0 Å². The topological polar surface area (TPSA) is 51.0 Å². The number of amides is 1. The quantitative estimate of drug-likeness (QED) is 0.866. The second-order valence-corrected chi connectivity index (χ2v) is 6.92. The van der Waals surface area contributed by atoms with E-state index in [4.69, 9.17) is 0 Å². The van der Waals surface area contributed by atoms with Crippen molar-refractivity contribution in [2.24, 2.45) is 0 Å². The predicted molar refractivity (Wildman–Crippen MR) is 94.5 cm³/mol. The Hall–Kier alpha value is -2.17. The van der Waals surface area contributed by atoms with E-state index in [1.54, 1.807) is 4.80 Å². The minimum Gasteiger partial charge on any atom is -0.337 e. The number of hydrogen-bond acceptors (Lipinski definition) is 3. The van der Waals surface area contributed by atoms with Crippen LogP contribution in [0, 0.1) is 20.8 Å². The number of carbonyl (C=O) groups is 1. The Bertz CT molecular complexity index is 744. The van der Waals surface area contributed by atoms with Crippen LogP contribution in [0.15, 0.2) is 18.2 Å². The van der Waals surface area contributed by atoms with E-state index >= 15 is 0 Å². The molecule has 1 heterocycles. The molecule has 0 spiro atoms. The third-order valence-corrected chi connectivity index (χ3v) is 5.00. The molecule has 0 radical (unpaired) electrons. The van der Waals surface area contributed by atoms with Crippen LogP contribution in [0.3, 0.4) is 0 Å². The Balaban J connectivity index is 1.86.